The van der Waals surface area contributed by atoms with Crippen LogP contribution in [-0.2, 0) is 0 Å². The molecule has 6 nitrogen and oxygen atoms in total. The number of nitrogens with zero attached hydrogens (tertiary/aromatic N) is 2. The molecule has 1 heterocycles. The normalized spacial score (nSPS) is 17.1. The summed E-state index contributed by atoms with van der Waals surface area (Å²) in [4.78, 5) is 13.0. The summed E-state index contributed by atoms with van der Waals surface area (Å²) in [5.74, 6) is -0.197. The summed E-state index contributed by atoms with van der Waals surface area (Å²) in [5.41, 5.74) is 0.936. The molecule has 1 atom stereocenters. The number of rotatable bonds is 6. The molecule has 0 spiro atoms. The molecule has 1 aliphatic rings. The lowest BCUT2D eigenvalue weighted by Gasteiger charge is -2.35. The van der Waals surface area contributed by atoms with Crippen molar-refractivity contribution in [3.63, 3.8) is 0 Å². The van der Waals surface area contributed by atoms with E-state index < -0.39 is 4.92 Å². The van der Waals surface area contributed by atoms with Crippen molar-refractivity contribution in [1.82, 2.24) is 10.2 Å². The lowest BCUT2D eigenvalue weighted by molar-refractivity contribution is -0.386. The number of nitro groups is 1. The molecule has 120 valence electrons. The van der Waals surface area contributed by atoms with Crippen LogP contribution >= 0.6 is 0 Å². The summed E-state index contributed by atoms with van der Waals surface area (Å²) in [5, 5.41) is 24.9. The highest BCUT2D eigenvalue weighted by molar-refractivity contribution is 5.56. The summed E-state index contributed by atoms with van der Waals surface area (Å²) in [6.07, 6.45) is 3.43. The van der Waals surface area contributed by atoms with Gasteiger partial charge in [-0.25, -0.2) is 0 Å². The van der Waals surface area contributed by atoms with Crippen molar-refractivity contribution in [1.29, 1.82) is 0 Å². The van der Waals surface area contributed by atoms with Crippen LogP contribution in [0.25, 0.3) is 0 Å². The molecule has 2 N–H and O–H groups in total. The number of phenols is 1. The van der Waals surface area contributed by atoms with E-state index in [1.807, 2.05) is 12.1 Å². The third kappa shape index (κ3) is 3.45. The van der Waals surface area contributed by atoms with Crippen molar-refractivity contribution in [2.75, 3.05) is 26.2 Å². The van der Waals surface area contributed by atoms with Gasteiger partial charge in [0.1, 0.15) is 0 Å². The number of aryl methyl sites for hydroxylation is 1. The molecule has 1 fully saturated rings. The number of aromatic hydroxyl groups is 1. The van der Waals surface area contributed by atoms with E-state index >= 15 is 0 Å². The van der Waals surface area contributed by atoms with Crippen LogP contribution in [0.2, 0.25) is 0 Å². The van der Waals surface area contributed by atoms with Crippen LogP contribution in [0.4, 0.5) is 5.69 Å². The van der Waals surface area contributed by atoms with E-state index in [0.29, 0.717) is 11.1 Å². The number of phenolic OH excluding ortho intramolecular Hbond substituents is 1. The maximum atomic E-state index is 11.2. The second-order valence-electron chi connectivity index (χ2n) is 5.59. The zero-order valence-corrected chi connectivity index (χ0v) is 12.9. The summed E-state index contributed by atoms with van der Waals surface area (Å²) < 4.78 is 0. The van der Waals surface area contributed by atoms with E-state index in [1.165, 1.54) is 0 Å². The largest absolute Gasteiger partial charge is 0.502 e. The number of hydrogen-bond acceptors (Lipinski definition) is 5. The van der Waals surface area contributed by atoms with Gasteiger partial charge in [0.2, 0.25) is 0 Å². The van der Waals surface area contributed by atoms with Crippen LogP contribution in [0.1, 0.15) is 30.0 Å². The van der Waals surface area contributed by atoms with Crippen LogP contribution in [0.3, 0.4) is 0 Å². The first-order chi connectivity index (χ1) is 10.6. The van der Waals surface area contributed by atoms with Crippen molar-refractivity contribution in [2.45, 2.75) is 25.8 Å². The molecule has 0 aromatic heterocycles. The van der Waals surface area contributed by atoms with Crippen LogP contribution in [0.15, 0.2) is 24.8 Å². The predicted molar refractivity (Wildman–Crippen MR) is 86.1 cm³/mol. The number of nitrogens with one attached hydrogen (secondary N) is 1. The molecule has 2 rings (SSSR count). The number of hydrogen-bond donors (Lipinski definition) is 2. The van der Waals surface area contributed by atoms with Crippen molar-refractivity contribution >= 4 is 5.69 Å². The van der Waals surface area contributed by atoms with Gasteiger partial charge in [-0.1, -0.05) is 18.2 Å². The van der Waals surface area contributed by atoms with E-state index in [4.69, 9.17) is 0 Å². The average Bonchev–Trinajstić information content (AvgIpc) is 2.50. The summed E-state index contributed by atoms with van der Waals surface area (Å²) >= 11 is 0. The first-order valence-electron chi connectivity index (χ1n) is 7.58. The molecule has 6 heteroatoms. The Balaban J connectivity index is 2.39. The zero-order valence-electron chi connectivity index (χ0n) is 12.9. The van der Waals surface area contributed by atoms with Crippen LogP contribution in [0, 0.1) is 17.0 Å². The Labute approximate surface area is 130 Å². The lowest BCUT2D eigenvalue weighted by atomic mass is 9.96. The lowest BCUT2D eigenvalue weighted by Crippen LogP contribution is -2.45. The van der Waals surface area contributed by atoms with E-state index in [0.717, 1.165) is 39.0 Å². The summed E-state index contributed by atoms with van der Waals surface area (Å²) in [6, 6.07) is 3.50. The van der Waals surface area contributed by atoms with Crippen LogP contribution in [-0.4, -0.2) is 41.1 Å². The SMILES string of the molecule is C=CCC[C@@H](c1ccc(C)c([N+](=O)[O-])c1O)N1CCNCC1. The quantitative estimate of drug-likeness (QED) is 0.480. The molecular weight excluding hydrogens is 282 g/mol. The molecule has 1 aliphatic heterocycles. The topological polar surface area (TPSA) is 78.6 Å². The smallest absolute Gasteiger partial charge is 0.313 e. The van der Waals surface area contributed by atoms with Gasteiger partial charge in [-0.05, 0) is 19.8 Å². The van der Waals surface area contributed by atoms with Gasteiger partial charge in [-0.3, -0.25) is 15.0 Å². The van der Waals surface area contributed by atoms with Gasteiger partial charge in [-0.2, -0.15) is 0 Å². The zero-order chi connectivity index (χ0) is 16.1. The van der Waals surface area contributed by atoms with Crippen molar-refractivity contribution in [3.05, 3.63) is 46.0 Å². The Bertz CT molecular complexity index is 554. The van der Waals surface area contributed by atoms with E-state index in [9.17, 15) is 15.2 Å². The maximum Gasteiger partial charge on any atom is 0.313 e. The monoisotopic (exact) mass is 305 g/mol. The number of benzene rings is 1. The van der Waals surface area contributed by atoms with Crippen molar-refractivity contribution in [2.24, 2.45) is 0 Å². The molecule has 0 saturated carbocycles. The van der Waals surface area contributed by atoms with E-state index in [1.54, 1.807) is 13.0 Å². The maximum absolute atomic E-state index is 11.2. The molecule has 0 aliphatic carbocycles. The van der Waals surface area contributed by atoms with E-state index in [-0.39, 0.29) is 17.5 Å². The molecule has 22 heavy (non-hydrogen) atoms. The van der Waals surface area contributed by atoms with Gasteiger partial charge < -0.3 is 10.4 Å². The molecule has 1 saturated heterocycles. The van der Waals surface area contributed by atoms with Gasteiger partial charge in [0, 0.05) is 43.3 Å². The standard InChI is InChI=1S/C16H23N3O3/c1-3-4-5-14(18-10-8-17-9-11-18)13-7-6-12(2)15(16(13)20)19(21)22/h3,6-7,14,17,20H,1,4-5,8-11H2,2H3/t14-/m0/s1. The number of allylic oxidation sites excluding steroid dienone is 1. The van der Waals surface area contributed by atoms with Gasteiger partial charge in [-0.15, -0.1) is 6.58 Å². The molecule has 0 amide bonds. The Kier molecular flexibility index (Phi) is 5.51. The highest BCUT2D eigenvalue weighted by atomic mass is 16.6. The summed E-state index contributed by atoms with van der Waals surface area (Å²) in [7, 11) is 0. The van der Waals surface area contributed by atoms with Crippen LogP contribution < -0.4 is 5.32 Å². The Hall–Kier alpha value is -1.92. The molecular formula is C16H23N3O3. The second-order valence-corrected chi connectivity index (χ2v) is 5.59. The first-order valence-corrected chi connectivity index (χ1v) is 7.58. The highest BCUT2D eigenvalue weighted by Crippen LogP contribution is 2.40. The fraction of sp³-hybridized carbons (Fsp3) is 0.500. The third-order valence-corrected chi connectivity index (χ3v) is 4.16. The summed E-state index contributed by atoms with van der Waals surface area (Å²) in [6.45, 7) is 8.90. The number of piperazine rings is 1. The van der Waals surface area contributed by atoms with Crippen LogP contribution in [0.5, 0.6) is 5.75 Å². The highest BCUT2D eigenvalue weighted by Gasteiger charge is 2.28. The third-order valence-electron chi connectivity index (χ3n) is 4.16. The second kappa shape index (κ2) is 7.38. The fourth-order valence-corrected chi connectivity index (χ4v) is 3.00. The molecule has 1 aromatic rings. The average molecular weight is 305 g/mol. The van der Waals surface area contributed by atoms with Crippen molar-refractivity contribution < 1.29 is 10.0 Å². The molecule has 1 aromatic carbocycles. The minimum absolute atomic E-state index is 0.0283. The minimum atomic E-state index is -0.503. The molecule has 0 radical (unpaired) electrons. The predicted octanol–water partition coefficient (Wildman–Crippen LogP) is 2.52. The van der Waals surface area contributed by atoms with Gasteiger partial charge in [0.25, 0.3) is 0 Å². The fourth-order valence-electron chi connectivity index (χ4n) is 3.00. The van der Waals surface area contributed by atoms with Gasteiger partial charge >= 0.3 is 5.69 Å². The Morgan fingerprint density at radius 3 is 2.77 bits per heavy atom. The molecule has 0 unspecified atom stereocenters. The van der Waals surface area contributed by atoms with Gasteiger partial charge in [0.05, 0.1) is 4.92 Å². The van der Waals surface area contributed by atoms with E-state index in [2.05, 4.69) is 16.8 Å². The first kappa shape index (κ1) is 16.5. The van der Waals surface area contributed by atoms with Gasteiger partial charge in [0.15, 0.2) is 5.75 Å². The Morgan fingerprint density at radius 1 is 1.50 bits per heavy atom. The molecule has 0 bridgehead atoms. The number of nitro benzene ring substituents is 1. The van der Waals surface area contributed by atoms with Crippen molar-refractivity contribution in [3.8, 4) is 5.75 Å². The Morgan fingerprint density at radius 2 is 2.18 bits per heavy atom. The minimum Gasteiger partial charge on any atom is -0.502 e.